The van der Waals surface area contributed by atoms with Crippen LogP contribution in [0, 0.1) is 0 Å². The average Bonchev–Trinajstić information content (AvgIpc) is 3.07. The molecule has 0 unspecified atom stereocenters. The molecule has 0 amide bonds. The molecule has 0 aromatic heterocycles. The van der Waals surface area contributed by atoms with E-state index in [1.165, 1.54) is 25.7 Å². The average molecular weight is 212 g/mol. The van der Waals surface area contributed by atoms with E-state index >= 15 is 0 Å². The summed E-state index contributed by atoms with van der Waals surface area (Å²) in [6.07, 6.45) is 6.07. The molecule has 1 aliphatic carbocycles. The maximum atomic E-state index is 5.53. The fraction of sp³-hybridized carbons (Fsp3) is 0.909. The molecule has 4 nitrogen and oxygen atoms in total. The van der Waals surface area contributed by atoms with Crippen LogP contribution in [0.5, 0.6) is 0 Å². The largest absolute Gasteiger partial charge is 0.339 e. The maximum absolute atomic E-state index is 5.53. The number of hydrogen-bond donors (Lipinski definition) is 2. The highest BCUT2D eigenvalue weighted by molar-refractivity contribution is 5.80. The Morgan fingerprint density at radius 2 is 2.13 bits per heavy atom. The van der Waals surface area contributed by atoms with Crippen molar-refractivity contribution in [3.05, 3.63) is 0 Å². The van der Waals surface area contributed by atoms with Crippen molar-refractivity contribution in [2.45, 2.75) is 52.0 Å². The first kappa shape index (κ1) is 12.3. The fourth-order valence-electron chi connectivity index (χ4n) is 1.61. The lowest BCUT2D eigenvalue weighted by atomic mass is 10.3. The zero-order valence-electron chi connectivity index (χ0n) is 10.00. The fourth-order valence-corrected chi connectivity index (χ4v) is 1.61. The number of nitrogens with one attached hydrogen (secondary N) is 1. The maximum Gasteiger partial charge on any atom is 0.208 e. The summed E-state index contributed by atoms with van der Waals surface area (Å²) < 4.78 is 0. The van der Waals surface area contributed by atoms with E-state index in [2.05, 4.69) is 29.2 Å². The second-order valence-corrected chi connectivity index (χ2v) is 4.13. The molecule has 1 aliphatic rings. The van der Waals surface area contributed by atoms with Crippen LogP contribution in [0.15, 0.2) is 4.99 Å². The van der Waals surface area contributed by atoms with E-state index in [1.54, 1.807) is 0 Å². The molecule has 15 heavy (non-hydrogen) atoms. The van der Waals surface area contributed by atoms with Gasteiger partial charge in [-0.05, 0) is 25.7 Å². The van der Waals surface area contributed by atoms with Crippen molar-refractivity contribution in [2.24, 2.45) is 10.8 Å². The first-order valence-electron chi connectivity index (χ1n) is 6.11. The van der Waals surface area contributed by atoms with Gasteiger partial charge in [-0.2, -0.15) is 0 Å². The molecular weight excluding hydrogens is 188 g/mol. The highest BCUT2D eigenvalue weighted by Crippen LogP contribution is 2.27. The van der Waals surface area contributed by atoms with Crippen LogP contribution < -0.4 is 11.3 Å². The lowest BCUT2D eigenvalue weighted by Gasteiger charge is -2.25. The monoisotopic (exact) mass is 212 g/mol. The predicted molar refractivity (Wildman–Crippen MR) is 64.6 cm³/mol. The van der Waals surface area contributed by atoms with Gasteiger partial charge in [-0.1, -0.05) is 20.3 Å². The molecule has 3 N–H and O–H groups in total. The summed E-state index contributed by atoms with van der Waals surface area (Å²) in [5, 5.41) is 0. The molecule has 0 atom stereocenters. The predicted octanol–water partition coefficient (Wildman–Crippen LogP) is 1.48. The highest BCUT2D eigenvalue weighted by Gasteiger charge is 2.30. The van der Waals surface area contributed by atoms with Crippen LogP contribution >= 0.6 is 0 Å². The standard InChI is InChI=1S/C11H24N4/c1-3-5-9-15(10-6-7-10)11(14-12)13-8-4-2/h10H,3-9,12H2,1-2H3,(H,13,14). The van der Waals surface area contributed by atoms with Gasteiger partial charge in [0, 0.05) is 19.1 Å². The van der Waals surface area contributed by atoms with E-state index in [0.717, 1.165) is 25.5 Å². The number of nitrogens with zero attached hydrogens (tertiary/aromatic N) is 2. The Kier molecular flexibility index (Phi) is 5.47. The van der Waals surface area contributed by atoms with Crippen molar-refractivity contribution in [3.63, 3.8) is 0 Å². The lowest BCUT2D eigenvalue weighted by molar-refractivity contribution is 0.383. The summed E-state index contributed by atoms with van der Waals surface area (Å²) in [5.74, 6) is 6.41. The van der Waals surface area contributed by atoms with E-state index in [9.17, 15) is 0 Å². The van der Waals surface area contributed by atoms with Crippen molar-refractivity contribution in [1.29, 1.82) is 0 Å². The smallest absolute Gasteiger partial charge is 0.208 e. The zero-order valence-corrected chi connectivity index (χ0v) is 10.00. The Bertz CT molecular complexity index is 199. The van der Waals surface area contributed by atoms with Gasteiger partial charge in [0.05, 0.1) is 0 Å². The summed E-state index contributed by atoms with van der Waals surface area (Å²) in [4.78, 5) is 6.81. The van der Waals surface area contributed by atoms with E-state index in [0.29, 0.717) is 6.04 Å². The minimum Gasteiger partial charge on any atom is -0.339 e. The van der Waals surface area contributed by atoms with Crippen molar-refractivity contribution in [1.82, 2.24) is 10.3 Å². The van der Waals surface area contributed by atoms with Crippen LogP contribution in [-0.2, 0) is 0 Å². The quantitative estimate of drug-likeness (QED) is 0.303. The number of aliphatic imine (C=N–C) groups is 1. The van der Waals surface area contributed by atoms with E-state index in [1.807, 2.05) is 0 Å². The normalized spacial score (nSPS) is 16.6. The van der Waals surface area contributed by atoms with Crippen molar-refractivity contribution in [2.75, 3.05) is 13.1 Å². The highest BCUT2D eigenvalue weighted by atomic mass is 15.4. The SMILES string of the molecule is CCCCN(C(=NCCC)NN)C1CC1. The topological polar surface area (TPSA) is 53.6 Å². The third kappa shape index (κ3) is 4.08. The van der Waals surface area contributed by atoms with E-state index in [-0.39, 0.29) is 0 Å². The van der Waals surface area contributed by atoms with Gasteiger partial charge in [-0.15, -0.1) is 0 Å². The minimum absolute atomic E-state index is 0.684. The lowest BCUT2D eigenvalue weighted by Crippen LogP contribution is -2.46. The molecular formula is C11H24N4. The number of hydrogen-bond acceptors (Lipinski definition) is 2. The second-order valence-electron chi connectivity index (χ2n) is 4.13. The molecule has 0 spiro atoms. The van der Waals surface area contributed by atoms with Gasteiger partial charge in [0.25, 0.3) is 0 Å². The number of nitrogens with two attached hydrogens (primary N) is 1. The molecule has 0 aliphatic heterocycles. The second kappa shape index (κ2) is 6.67. The van der Waals surface area contributed by atoms with Gasteiger partial charge in [-0.25, -0.2) is 5.84 Å². The molecule has 0 heterocycles. The minimum atomic E-state index is 0.684. The van der Waals surface area contributed by atoms with Gasteiger partial charge >= 0.3 is 0 Å². The van der Waals surface area contributed by atoms with Gasteiger partial charge in [0.1, 0.15) is 0 Å². The van der Waals surface area contributed by atoms with Gasteiger partial charge in [0.2, 0.25) is 5.96 Å². The first-order chi connectivity index (χ1) is 7.33. The first-order valence-corrected chi connectivity index (χ1v) is 6.11. The van der Waals surface area contributed by atoms with Crippen LogP contribution in [0.4, 0.5) is 0 Å². The van der Waals surface area contributed by atoms with Crippen molar-refractivity contribution < 1.29 is 0 Å². The molecule has 1 fully saturated rings. The van der Waals surface area contributed by atoms with Crippen molar-refractivity contribution >= 4 is 5.96 Å². The molecule has 0 bridgehead atoms. The number of hydrazine groups is 1. The Morgan fingerprint density at radius 1 is 1.40 bits per heavy atom. The number of rotatable bonds is 6. The van der Waals surface area contributed by atoms with Crippen LogP contribution in [0.3, 0.4) is 0 Å². The van der Waals surface area contributed by atoms with Gasteiger partial charge < -0.3 is 4.90 Å². The van der Waals surface area contributed by atoms with Gasteiger partial charge in [-0.3, -0.25) is 10.4 Å². The summed E-state index contributed by atoms with van der Waals surface area (Å²) in [7, 11) is 0. The Balaban J connectivity index is 2.50. The third-order valence-electron chi connectivity index (χ3n) is 2.63. The molecule has 1 saturated carbocycles. The summed E-state index contributed by atoms with van der Waals surface area (Å²) in [6, 6.07) is 0.684. The molecule has 1 rings (SSSR count). The van der Waals surface area contributed by atoms with E-state index in [4.69, 9.17) is 5.84 Å². The summed E-state index contributed by atoms with van der Waals surface area (Å²) >= 11 is 0. The molecule has 4 heteroatoms. The van der Waals surface area contributed by atoms with E-state index < -0.39 is 0 Å². The van der Waals surface area contributed by atoms with Crippen molar-refractivity contribution in [3.8, 4) is 0 Å². The third-order valence-corrected chi connectivity index (χ3v) is 2.63. The number of unbranched alkanes of at least 4 members (excludes halogenated alkanes) is 1. The summed E-state index contributed by atoms with van der Waals surface area (Å²) in [6.45, 7) is 6.28. The zero-order chi connectivity index (χ0) is 11.1. The molecule has 88 valence electrons. The Labute approximate surface area is 92.9 Å². The van der Waals surface area contributed by atoms with Gasteiger partial charge in [0.15, 0.2) is 0 Å². The molecule has 0 radical (unpaired) electrons. The number of guanidine groups is 1. The molecule has 0 aromatic carbocycles. The van der Waals surface area contributed by atoms with Crippen LogP contribution in [0.2, 0.25) is 0 Å². The Morgan fingerprint density at radius 3 is 2.60 bits per heavy atom. The van der Waals surface area contributed by atoms with Crippen LogP contribution in [-0.4, -0.2) is 30.0 Å². The van der Waals surface area contributed by atoms with Crippen LogP contribution in [0.1, 0.15) is 46.0 Å². The van der Waals surface area contributed by atoms with Crippen LogP contribution in [0.25, 0.3) is 0 Å². The molecule has 0 aromatic rings. The molecule has 0 saturated heterocycles. The summed E-state index contributed by atoms with van der Waals surface area (Å²) in [5.41, 5.74) is 2.74. The Hall–Kier alpha value is -0.770.